The Morgan fingerprint density at radius 2 is 1.90 bits per heavy atom. The number of hydrogen-bond donors (Lipinski definition) is 1. The summed E-state index contributed by atoms with van der Waals surface area (Å²) in [5.41, 5.74) is 2.24. The average Bonchev–Trinajstić information content (AvgIpc) is 2.95. The van der Waals surface area contributed by atoms with E-state index in [1.807, 2.05) is 31.3 Å². The molecule has 1 aromatic heterocycles. The molecule has 4 heteroatoms. The van der Waals surface area contributed by atoms with E-state index in [0.717, 1.165) is 22.7 Å². The number of hydrogen-bond acceptors (Lipinski definition) is 4. The molecule has 0 radical (unpaired) electrons. The number of nitrogens with one attached hydrogen (secondary N) is 1. The molecule has 0 saturated carbocycles. The third-order valence-corrected chi connectivity index (χ3v) is 4.64. The van der Waals surface area contributed by atoms with Crippen LogP contribution in [0.5, 0.6) is 5.75 Å². The molecule has 1 atom stereocenters. The van der Waals surface area contributed by atoms with E-state index in [9.17, 15) is 0 Å². The summed E-state index contributed by atoms with van der Waals surface area (Å²) >= 11 is 1.76. The number of ether oxygens (including phenoxy) is 1. The van der Waals surface area contributed by atoms with Crippen LogP contribution in [-0.2, 0) is 6.42 Å². The Kier molecular flexibility index (Phi) is 4.18. The number of likely N-dealkylation sites (N-methyl/N-ethyl adjacent to an activating group) is 1. The number of methoxy groups -OCH3 is 1. The van der Waals surface area contributed by atoms with Crippen molar-refractivity contribution < 1.29 is 4.74 Å². The van der Waals surface area contributed by atoms with Crippen LogP contribution in [0.3, 0.4) is 0 Å². The predicted molar refractivity (Wildman–Crippen MR) is 88.1 cm³/mol. The molecule has 3 aromatic rings. The Morgan fingerprint density at radius 1 is 1.14 bits per heavy atom. The van der Waals surface area contributed by atoms with Gasteiger partial charge in [-0.3, -0.25) is 0 Å². The van der Waals surface area contributed by atoms with Crippen LogP contribution in [0.1, 0.15) is 16.6 Å². The van der Waals surface area contributed by atoms with E-state index in [-0.39, 0.29) is 6.04 Å². The summed E-state index contributed by atoms with van der Waals surface area (Å²) in [7, 11) is 3.69. The second kappa shape index (κ2) is 6.24. The lowest BCUT2D eigenvalue weighted by atomic mass is 10.0. The molecular weight excluding hydrogens is 280 g/mol. The second-order valence-corrected chi connectivity index (χ2v) is 5.98. The number of thiazole rings is 1. The van der Waals surface area contributed by atoms with Crippen molar-refractivity contribution in [3.05, 3.63) is 59.1 Å². The highest BCUT2D eigenvalue weighted by Crippen LogP contribution is 2.30. The van der Waals surface area contributed by atoms with E-state index < -0.39 is 0 Å². The summed E-state index contributed by atoms with van der Waals surface area (Å²) in [6, 6.07) is 16.6. The molecule has 0 spiro atoms. The van der Waals surface area contributed by atoms with Crippen LogP contribution in [0.4, 0.5) is 0 Å². The number of rotatable bonds is 5. The third kappa shape index (κ3) is 2.91. The standard InChI is InChI=1S/C17H18N2OS/c1-18-14(12-7-3-5-9-15(12)20-2)11-17-19-13-8-4-6-10-16(13)21-17/h3-10,14,18H,11H2,1-2H3. The molecule has 0 aliphatic heterocycles. The first-order valence-electron chi connectivity index (χ1n) is 6.96. The van der Waals surface area contributed by atoms with Crippen LogP contribution in [0.15, 0.2) is 48.5 Å². The van der Waals surface area contributed by atoms with E-state index in [1.54, 1.807) is 18.4 Å². The van der Waals surface area contributed by atoms with E-state index in [0.29, 0.717) is 0 Å². The molecule has 0 fully saturated rings. The molecular formula is C17H18N2OS. The summed E-state index contributed by atoms with van der Waals surface area (Å²) in [6.45, 7) is 0. The zero-order valence-corrected chi connectivity index (χ0v) is 13.0. The molecule has 0 amide bonds. The molecule has 1 N–H and O–H groups in total. The van der Waals surface area contributed by atoms with Gasteiger partial charge in [-0.25, -0.2) is 4.98 Å². The van der Waals surface area contributed by atoms with Crippen molar-refractivity contribution in [3.63, 3.8) is 0 Å². The van der Waals surface area contributed by atoms with Crippen molar-refractivity contribution in [2.75, 3.05) is 14.2 Å². The van der Waals surface area contributed by atoms with Gasteiger partial charge in [0.15, 0.2) is 0 Å². The van der Waals surface area contributed by atoms with Gasteiger partial charge in [0.1, 0.15) is 5.75 Å². The average molecular weight is 298 g/mol. The van der Waals surface area contributed by atoms with Gasteiger partial charge in [0, 0.05) is 18.0 Å². The lowest BCUT2D eigenvalue weighted by Gasteiger charge is -2.18. The van der Waals surface area contributed by atoms with Crippen LogP contribution in [0.2, 0.25) is 0 Å². The van der Waals surface area contributed by atoms with E-state index >= 15 is 0 Å². The lowest BCUT2D eigenvalue weighted by Crippen LogP contribution is -2.19. The van der Waals surface area contributed by atoms with Crippen LogP contribution in [-0.4, -0.2) is 19.1 Å². The van der Waals surface area contributed by atoms with Crippen molar-refractivity contribution in [1.29, 1.82) is 0 Å². The van der Waals surface area contributed by atoms with Gasteiger partial charge in [0.25, 0.3) is 0 Å². The summed E-state index contributed by atoms with van der Waals surface area (Å²) in [6.07, 6.45) is 0.857. The van der Waals surface area contributed by atoms with E-state index in [1.165, 1.54) is 10.3 Å². The van der Waals surface area contributed by atoms with Crippen LogP contribution in [0, 0.1) is 0 Å². The smallest absolute Gasteiger partial charge is 0.123 e. The molecule has 3 rings (SSSR count). The third-order valence-electron chi connectivity index (χ3n) is 3.58. The normalized spacial score (nSPS) is 12.5. The molecule has 0 aliphatic carbocycles. The molecule has 108 valence electrons. The quantitative estimate of drug-likeness (QED) is 0.778. The molecule has 1 heterocycles. The minimum atomic E-state index is 0.196. The summed E-state index contributed by atoms with van der Waals surface area (Å²) in [5.74, 6) is 0.915. The Hall–Kier alpha value is -1.91. The van der Waals surface area contributed by atoms with Crippen molar-refractivity contribution in [1.82, 2.24) is 10.3 Å². The molecule has 21 heavy (non-hydrogen) atoms. The van der Waals surface area contributed by atoms with Gasteiger partial charge < -0.3 is 10.1 Å². The zero-order chi connectivity index (χ0) is 14.7. The Bertz CT molecular complexity index is 705. The van der Waals surface area contributed by atoms with Gasteiger partial charge >= 0.3 is 0 Å². The predicted octanol–water partition coefficient (Wildman–Crippen LogP) is 3.81. The van der Waals surface area contributed by atoms with Gasteiger partial charge in [0.05, 0.1) is 22.3 Å². The largest absolute Gasteiger partial charge is 0.496 e. The molecule has 1 unspecified atom stereocenters. The molecule has 3 nitrogen and oxygen atoms in total. The summed E-state index contributed by atoms with van der Waals surface area (Å²) < 4.78 is 6.71. The van der Waals surface area contributed by atoms with Crippen LogP contribution in [0.25, 0.3) is 10.2 Å². The highest BCUT2D eigenvalue weighted by molar-refractivity contribution is 7.18. The minimum Gasteiger partial charge on any atom is -0.496 e. The Morgan fingerprint density at radius 3 is 2.67 bits per heavy atom. The Labute approximate surface area is 128 Å². The summed E-state index contributed by atoms with van der Waals surface area (Å²) in [4.78, 5) is 4.72. The first kappa shape index (κ1) is 14.0. The number of fused-ring (bicyclic) bond motifs is 1. The maximum Gasteiger partial charge on any atom is 0.123 e. The second-order valence-electron chi connectivity index (χ2n) is 4.86. The van der Waals surface area contributed by atoms with E-state index in [2.05, 4.69) is 29.6 Å². The van der Waals surface area contributed by atoms with Gasteiger partial charge in [-0.1, -0.05) is 30.3 Å². The van der Waals surface area contributed by atoms with Crippen molar-refractivity contribution in [2.24, 2.45) is 0 Å². The van der Waals surface area contributed by atoms with Gasteiger partial charge in [-0.2, -0.15) is 0 Å². The maximum absolute atomic E-state index is 5.47. The van der Waals surface area contributed by atoms with Gasteiger partial charge in [-0.05, 0) is 25.2 Å². The fourth-order valence-corrected chi connectivity index (χ4v) is 3.52. The molecule has 0 aliphatic rings. The van der Waals surface area contributed by atoms with Crippen molar-refractivity contribution in [2.45, 2.75) is 12.5 Å². The zero-order valence-electron chi connectivity index (χ0n) is 12.2. The Balaban J connectivity index is 1.90. The fraction of sp³-hybridized carbons (Fsp3) is 0.235. The topological polar surface area (TPSA) is 34.2 Å². The monoisotopic (exact) mass is 298 g/mol. The lowest BCUT2D eigenvalue weighted by molar-refractivity contribution is 0.401. The van der Waals surface area contributed by atoms with Crippen LogP contribution < -0.4 is 10.1 Å². The maximum atomic E-state index is 5.47. The van der Waals surface area contributed by atoms with Crippen molar-refractivity contribution >= 4 is 21.6 Å². The molecule has 0 saturated heterocycles. The highest BCUT2D eigenvalue weighted by Gasteiger charge is 2.16. The number of benzene rings is 2. The fourth-order valence-electron chi connectivity index (χ4n) is 2.50. The van der Waals surface area contributed by atoms with Crippen LogP contribution >= 0.6 is 11.3 Å². The van der Waals surface area contributed by atoms with Gasteiger partial charge in [0.2, 0.25) is 0 Å². The minimum absolute atomic E-state index is 0.196. The van der Waals surface area contributed by atoms with Gasteiger partial charge in [-0.15, -0.1) is 11.3 Å². The van der Waals surface area contributed by atoms with E-state index in [4.69, 9.17) is 9.72 Å². The molecule has 2 aromatic carbocycles. The number of para-hydroxylation sites is 2. The first-order chi connectivity index (χ1) is 10.3. The summed E-state index contributed by atoms with van der Waals surface area (Å²) in [5, 5.41) is 4.51. The number of aromatic nitrogens is 1. The number of nitrogens with zero attached hydrogens (tertiary/aromatic N) is 1. The van der Waals surface area contributed by atoms with Crippen molar-refractivity contribution in [3.8, 4) is 5.75 Å². The first-order valence-corrected chi connectivity index (χ1v) is 7.78. The SMILES string of the molecule is CNC(Cc1nc2ccccc2s1)c1ccccc1OC. The highest BCUT2D eigenvalue weighted by atomic mass is 32.1. The molecule has 0 bridgehead atoms.